The number of nitrogens with zero attached hydrogens (tertiary/aromatic N) is 2. The number of hydrogen-bond acceptors (Lipinski definition) is 3. The molecule has 3 rings (SSSR count). The zero-order chi connectivity index (χ0) is 13.8. The Kier molecular flexibility index (Phi) is 3.70. The minimum absolute atomic E-state index is 0.296. The number of hydrogen-bond donors (Lipinski definition) is 1. The van der Waals surface area contributed by atoms with Crippen molar-refractivity contribution in [2.24, 2.45) is 0 Å². The van der Waals surface area contributed by atoms with Crippen molar-refractivity contribution in [2.45, 2.75) is 19.5 Å². The maximum Gasteiger partial charge on any atom is 0.0705 e. The Labute approximate surface area is 118 Å². The largest absolute Gasteiger partial charge is 0.306 e. The molecule has 3 nitrogen and oxygen atoms in total. The normalized spacial score (nSPS) is 12.4. The van der Waals surface area contributed by atoms with Gasteiger partial charge in [-0.1, -0.05) is 18.2 Å². The van der Waals surface area contributed by atoms with Crippen molar-refractivity contribution < 1.29 is 0 Å². The van der Waals surface area contributed by atoms with Crippen molar-refractivity contribution in [2.75, 3.05) is 0 Å². The summed E-state index contributed by atoms with van der Waals surface area (Å²) in [6, 6.07) is 14.7. The number of fused-ring (bicyclic) bond motifs is 1. The van der Waals surface area contributed by atoms with E-state index in [1.165, 1.54) is 16.5 Å². The molecule has 1 atom stereocenters. The molecule has 0 spiro atoms. The zero-order valence-electron chi connectivity index (χ0n) is 11.5. The van der Waals surface area contributed by atoms with Crippen LogP contribution in [0.25, 0.3) is 10.9 Å². The lowest BCUT2D eigenvalue weighted by molar-refractivity contribution is 0.576. The van der Waals surface area contributed by atoms with Crippen LogP contribution in [-0.2, 0) is 6.54 Å². The zero-order valence-corrected chi connectivity index (χ0v) is 11.5. The van der Waals surface area contributed by atoms with Crippen LogP contribution < -0.4 is 5.32 Å². The van der Waals surface area contributed by atoms with Crippen LogP contribution in [0.4, 0.5) is 0 Å². The first-order valence-corrected chi connectivity index (χ1v) is 6.80. The van der Waals surface area contributed by atoms with Gasteiger partial charge in [-0.05, 0) is 42.3 Å². The molecule has 20 heavy (non-hydrogen) atoms. The summed E-state index contributed by atoms with van der Waals surface area (Å²) in [7, 11) is 0. The highest BCUT2D eigenvalue weighted by atomic mass is 14.9. The molecule has 3 heteroatoms. The summed E-state index contributed by atoms with van der Waals surface area (Å²) in [6.45, 7) is 2.99. The van der Waals surface area contributed by atoms with Gasteiger partial charge in [0.25, 0.3) is 0 Å². The van der Waals surface area contributed by atoms with E-state index < -0.39 is 0 Å². The lowest BCUT2D eigenvalue weighted by Crippen LogP contribution is -2.18. The third kappa shape index (κ3) is 2.68. The number of pyridine rings is 2. The molecule has 100 valence electrons. The summed E-state index contributed by atoms with van der Waals surface area (Å²) in [6.07, 6.45) is 5.53. The van der Waals surface area contributed by atoms with Gasteiger partial charge in [-0.15, -0.1) is 0 Å². The summed E-state index contributed by atoms with van der Waals surface area (Å²) < 4.78 is 0. The molecule has 3 aromatic rings. The molecule has 2 aromatic heterocycles. The van der Waals surface area contributed by atoms with E-state index in [-0.39, 0.29) is 0 Å². The molecule has 0 saturated heterocycles. The van der Waals surface area contributed by atoms with E-state index in [1.807, 2.05) is 42.9 Å². The third-order valence-electron chi connectivity index (χ3n) is 3.54. The van der Waals surface area contributed by atoms with Crippen LogP contribution in [0.3, 0.4) is 0 Å². The SMILES string of the molecule is C[C@@H](NCc1ccnc2ccccc12)c1ccncc1. The predicted octanol–water partition coefficient (Wildman–Crippen LogP) is 3.48. The van der Waals surface area contributed by atoms with E-state index in [0.717, 1.165) is 12.1 Å². The Bertz CT molecular complexity index is 689. The van der Waals surface area contributed by atoms with Crippen LogP contribution in [0.15, 0.2) is 61.1 Å². The maximum absolute atomic E-state index is 4.39. The number of para-hydroxylation sites is 1. The fraction of sp³-hybridized carbons (Fsp3) is 0.176. The average Bonchev–Trinajstić information content (AvgIpc) is 2.53. The second kappa shape index (κ2) is 5.80. The van der Waals surface area contributed by atoms with Gasteiger partial charge in [-0.2, -0.15) is 0 Å². The van der Waals surface area contributed by atoms with Crippen molar-refractivity contribution >= 4 is 10.9 Å². The minimum atomic E-state index is 0.296. The summed E-state index contributed by atoms with van der Waals surface area (Å²) in [5.41, 5.74) is 3.57. The molecule has 1 N–H and O–H groups in total. The Hall–Kier alpha value is -2.26. The second-order valence-corrected chi connectivity index (χ2v) is 4.87. The molecule has 2 heterocycles. The molecule has 0 bridgehead atoms. The number of nitrogens with one attached hydrogen (secondary N) is 1. The minimum Gasteiger partial charge on any atom is -0.306 e. The molecule has 0 unspecified atom stereocenters. The van der Waals surface area contributed by atoms with Crippen LogP contribution in [0.1, 0.15) is 24.1 Å². The third-order valence-corrected chi connectivity index (χ3v) is 3.54. The van der Waals surface area contributed by atoms with E-state index in [0.29, 0.717) is 6.04 Å². The predicted molar refractivity (Wildman–Crippen MR) is 81.2 cm³/mol. The van der Waals surface area contributed by atoms with Gasteiger partial charge in [0.05, 0.1) is 5.52 Å². The van der Waals surface area contributed by atoms with Gasteiger partial charge in [0.15, 0.2) is 0 Å². The van der Waals surface area contributed by atoms with E-state index in [1.54, 1.807) is 0 Å². The molecule has 0 saturated carbocycles. The van der Waals surface area contributed by atoms with Crippen LogP contribution in [0.2, 0.25) is 0 Å². The summed E-state index contributed by atoms with van der Waals surface area (Å²) in [5, 5.41) is 4.76. The molecule has 0 fully saturated rings. The summed E-state index contributed by atoms with van der Waals surface area (Å²) >= 11 is 0. The molecule has 0 amide bonds. The lowest BCUT2D eigenvalue weighted by Gasteiger charge is -2.15. The molecule has 1 aromatic carbocycles. The maximum atomic E-state index is 4.39. The molecule has 0 aliphatic heterocycles. The highest BCUT2D eigenvalue weighted by Crippen LogP contribution is 2.17. The molecule has 0 aliphatic rings. The standard InChI is InChI=1S/C17H17N3/c1-13(14-6-9-18-10-7-14)20-12-15-8-11-19-17-5-3-2-4-16(15)17/h2-11,13,20H,12H2,1H3/t13-/m1/s1. The molecular formula is C17H17N3. The smallest absolute Gasteiger partial charge is 0.0705 e. The van der Waals surface area contributed by atoms with Gasteiger partial charge in [0, 0.05) is 36.6 Å². The van der Waals surface area contributed by atoms with Gasteiger partial charge >= 0.3 is 0 Å². The van der Waals surface area contributed by atoms with Crippen molar-refractivity contribution in [3.8, 4) is 0 Å². The van der Waals surface area contributed by atoms with Gasteiger partial charge in [0.1, 0.15) is 0 Å². The molecule has 0 radical (unpaired) electrons. The highest BCUT2D eigenvalue weighted by molar-refractivity contribution is 5.81. The van der Waals surface area contributed by atoms with Gasteiger partial charge < -0.3 is 5.32 Å². The molecule has 0 aliphatic carbocycles. The first kappa shape index (κ1) is 12.8. The van der Waals surface area contributed by atoms with Crippen molar-refractivity contribution in [3.63, 3.8) is 0 Å². The highest BCUT2D eigenvalue weighted by Gasteiger charge is 2.06. The van der Waals surface area contributed by atoms with E-state index in [4.69, 9.17) is 0 Å². The van der Waals surface area contributed by atoms with Crippen LogP contribution in [0, 0.1) is 0 Å². The van der Waals surface area contributed by atoms with Crippen molar-refractivity contribution in [1.29, 1.82) is 0 Å². The van der Waals surface area contributed by atoms with Gasteiger partial charge in [0.2, 0.25) is 0 Å². The monoisotopic (exact) mass is 263 g/mol. The summed E-state index contributed by atoms with van der Waals surface area (Å²) in [4.78, 5) is 8.44. The van der Waals surface area contributed by atoms with Crippen LogP contribution in [-0.4, -0.2) is 9.97 Å². The summed E-state index contributed by atoms with van der Waals surface area (Å²) in [5.74, 6) is 0. The number of aromatic nitrogens is 2. The fourth-order valence-corrected chi connectivity index (χ4v) is 2.34. The lowest BCUT2D eigenvalue weighted by atomic mass is 10.1. The van der Waals surface area contributed by atoms with Gasteiger partial charge in [-0.3, -0.25) is 9.97 Å². The Morgan fingerprint density at radius 3 is 2.65 bits per heavy atom. The fourth-order valence-electron chi connectivity index (χ4n) is 2.34. The quantitative estimate of drug-likeness (QED) is 0.783. The van der Waals surface area contributed by atoms with Crippen molar-refractivity contribution in [3.05, 3.63) is 72.2 Å². The number of benzene rings is 1. The van der Waals surface area contributed by atoms with Crippen LogP contribution >= 0.6 is 0 Å². The van der Waals surface area contributed by atoms with E-state index in [2.05, 4.69) is 40.4 Å². The topological polar surface area (TPSA) is 37.8 Å². The number of rotatable bonds is 4. The first-order chi connectivity index (χ1) is 9.84. The van der Waals surface area contributed by atoms with Crippen LogP contribution in [0.5, 0.6) is 0 Å². The molecular weight excluding hydrogens is 246 g/mol. The van der Waals surface area contributed by atoms with E-state index >= 15 is 0 Å². The average molecular weight is 263 g/mol. The van der Waals surface area contributed by atoms with Gasteiger partial charge in [-0.25, -0.2) is 0 Å². The second-order valence-electron chi connectivity index (χ2n) is 4.87. The van der Waals surface area contributed by atoms with E-state index in [9.17, 15) is 0 Å². The first-order valence-electron chi connectivity index (χ1n) is 6.80. The Morgan fingerprint density at radius 2 is 1.80 bits per heavy atom. The Morgan fingerprint density at radius 1 is 1.00 bits per heavy atom. The Balaban J connectivity index is 1.77. The van der Waals surface area contributed by atoms with Crippen molar-refractivity contribution in [1.82, 2.24) is 15.3 Å².